The molecule has 0 saturated carbocycles. The van der Waals surface area contributed by atoms with Gasteiger partial charge in [-0.25, -0.2) is 0 Å². The quantitative estimate of drug-likeness (QED) is 0.597. The van der Waals surface area contributed by atoms with E-state index in [1.54, 1.807) is 13.4 Å². The fourth-order valence-electron chi connectivity index (χ4n) is 0.926. The van der Waals surface area contributed by atoms with Crippen molar-refractivity contribution < 1.29 is 4.74 Å². The van der Waals surface area contributed by atoms with Crippen LogP contribution in [0.2, 0.25) is 0 Å². The topological polar surface area (TPSA) is 47.0 Å². The normalized spacial score (nSPS) is 9.07. The average molecular weight is 229 g/mol. The number of thiol groups is 1. The third-order valence-corrected chi connectivity index (χ3v) is 1.63. The molecule has 0 radical (unpaired) electrons. The van der Waals surface area contributed by atoms with E-state index in [1.165, 1.54) is 0 Å². The highest BCUT2D eigenvalue weighted by atomic mass is 32.1. The predicted molar refractivity (Wildman–Crippen MR) is 66.7 cm³/mol. The largest absolute Gasteiger partial charge is 0.385 e. The number of hydrogen-bond donors (Lipinski definition) is 2. The molecule has 0 aliphatic heterocycles. The number of aryl methyl sites for hydroxylation is 1. The van der Waals surface area contributed by atoms with Gasteiger partial charge in [-0.3, -0.25) is 0 Å². The first-order valence-electron chi connectivity index (χ1n) is 4.81. The fraction of sp³-hybridized carbons (Fsp3) is 0.600. The third kappa shape index (κ3) is 7.16. The maximum atomic E-state index is 4.92. The van der Waals surface area contributed by atoms with Gasteiger partial charge in [0.25, 0.3) is 0 Å². The van der Waals surface area contributed by atoms with Gasteiger partial charge in [-0.2, -0.15) is 17.7 Å². The van der Waals surface area contributed by atoms with Gasteiger partial charge in [-0.15, -0.1) is 5.10 Å². The Labute approximate surface area is 96.9 Å². The van der Waals surface area contributed by atoms with E-state index in [0.29, 0.717) is 0 Å². The van der Waals surface area contributed by atoms with Crippen LogP contribution in [-0.2, 0) is 4.74 Å². The maximum Gasteiger partial charge on any atom is 0.148 e. The monoisotopic (exact) mass is 229 g/mol. The number of nitrogens with one attached hydrogen (secondary N) is 1. The van der Waals surface area contributed by atoms with E-state index >= 15 is 0 Å². The van der Waals surface area contributed by atoms with E-state index in [1.807, 2.05) is 19.1 Å². The van der Waals surface area contributed by atoms with Gasteiger partial charge in [0.2, 0.25) is 0 Å². The van der Waals surface area contributed by atoms with Crippen LogP contribution in [0.25, 0.3) is 0 Å². The minimum absolute atomic E-state index is 0.770. The van der Waals surface area contributed by atoms with E-state index in [2.05, 4.69) is 28.1 Å². The summed E-state index contributed by atoms with van der Waals surface area (Å²) in [6.07, 6.45) is 2.67. The van der Waals surface area contributed by atoms with Crippen molar-refractivity contribution in [3.63, 3.8) is 0 Å². The Morgan fingerprint density at radius 2 is 2.07 bits per heavy atom. The molecule has 1 heterocycles. The first-order chi connectivity index (χ1) is 7.33. The lowest BCUT2D eigenvalue weighted by Crippen LogP contribution is -2.06. The maximum absolute atomic E-state index is 4.92. The second-order valence-corrected chi connectivity index (χ2v) is 2.83. The second kappa shape index (κ2) is 9.73. The molecule has 1 rings (SSSR count). The van der Waals surface area contributed by atoms with Crippen LogP contribution in [0.1, 0.15) is 12.1 Å². The first-order valence-corrected chi connectivity index (χ1v) is 5.70. The molecule has 1 N–H and O–H groups in total. The van der Waals surface area contributed by atoms with E-state index in [4.69, 9.17) is 4.74 Å². The zero-order valence-corrected chi connectivity index (χ0v) is 10.4. The van der Waals surface area contributed by atoms with Gasteiger partial charge >= 0.3 is 0 Å². The third-order valence-electron chi connectivity index (χ3n) is 1.63. The number of ether oxygens (including phenoxy) is 1. The molecule has 0 amide bonds. The van der Waals surface area contributed by atoms with Crippen molar-refractivity contribution in [3.05, 3.63) is 17.8 Å². The molecular formula is C10H19N3OS. The molecule has 0 saturated heterocycles. The van der Waals surface area contributed by atoms with Crippen molar-refractivity contribution in [2.24, 2.45) is 0 Å². The van der Waals surface area contributed by atoms with Crippen LogP contribution < -0.4 is 5.32 Å². The highest BCUT2D eigenvalue weighted by molar-refractivity contribution is 7.79. The molecule has 86 valence electrons. The zero-order valence-electron chi connectivity index (χ0n) is 9.53. The first kappa shape index (κ1) is 14.2. The Hall–Kier alpha value is -0.810. The molecule has 15 heavy (non-hydrogen) atoms. The summed E-state index contributed by atoms with van der Waals surface area (Å²) in [4.78, 5) is 0. The molecule has 0 unspecified atom stereocenters. The van der Waals surface area contributed by atoms with Gasteiger partial charge in [-0.1, -0.05) is 0 Å². The number of rotatable bonds is 5. The average Bonchev–Trinajstić information content (AvgIpc) is 2.30. The molecule has 0 bridgehead atoms. The highest BCUT2D eigenvalue weighted by Gasteiger charge is 1.92. The van der Waals surface area contributed by atoms with Gasteiger partial charge in [0.15, 0.2) is 0 Å². The van der Waals surface area contributed by atoms with Crippen LogP contribution in [0.5, 0.6) is 0 Å². The van der Waals surface area contributed by atoms with Gasteiger partial charge in [0, 0.05) is 20.3 Å². The molecule has 5 heteroatoms. The molecule has 4 nitrogen and oxygen atoms in total. The summed E-state index contributed by atoms with van der Waals surface area (Å²) in [5, 5.41) is 11.1. The van der Waals surface area contributed by atoms with Crippen LogP contribution in [0, 0.1) is 6.92 Å². The smallest absolute Gasteiger partial charge is 0.148 e. The van der Waals surface area contributed by atoms with Crippen LogP contribution in [0.15, 0.2) is 12.1 Å². The van der Waals surface area contributed by atoms with Crippen molar-refractivity contribution in [1.82, 2.24) is 10.2 Å². The molecule has 0 fully saturated rings. The molecule has 0 atom stereocenters. The Bertz CT molecular complexity index is 241. The fourth-order valence-corrected chi connectivity index (χ4v) is 0.926. The van der Waals surface area contributed by atoms with E-state index in [-0.39, 0.29) is 0 Å². The number of aromatic nitrogens is 2. The van der Waals surface area contributed by atoms with Crippen LogP contribution in [-0.4, -0.2) is 36.7 Å². The van der Waals surface area contributed by atoms with E-state index in [9.17, 15) is 0 Å². The van der Waals surface area contributed by atoms with Crippen molar-refractivity contribution in [3.8, 4) is 0 Å². The van der Waals surface area contributed by atoms with Crippen molar-refractivity contribution in [2.45, 2.75) is 13.3 Å². The zero-order chi connectivity index (χ0) is 11.5. The van der Waals surface area contributed by atoms with Crippen molar-refractivity contribution in [1.29, 1.82) is 0 Å². The Kier molecular flexibility index (Phi) is 9.21. The summed E-state index contributed by atoms with van der Waals surface area (Å²) < 4.78 is 4.92. The van der Waals surface area contributed by atoms with Crippen molar-refractivity contribution in [2.75, 3.05) is 31.8 Å². The molecule has 0 spiro atoms. The lowest BCUT2D eigenvalue weighted by atomic mass is 10.4. The predicted octanol–water partition coefficient (Wildman–Crippen LogP) is 1.78. The Morgan fingerprint density at radius 3 is 2.60 bits per heavy atom. The number of methoxy groups -OCH3 is 1. The summed E-state index contributed by atoms with van der Waals surface area (Å²) in [5.74, 6) is 0.821. The molecule has 1 aromatic heterocycles. The van der Waals surface area contributed by atoms with Crippen LogP contribution in [0.4, 0.5) is 5.82 Å². The minimum atomic E-state index is 0.770. The van der Waals surface area contributed by atoms with E-state index < -0.39 is 0 Å². The molecule has 1 aromatic rings. The number of anilines is 1. The van der Waals surface area contributed by atoms with Gasteiger partial charge in [-0.05, 0) is 31.7 Å². The summed E-state index contributed by atoms with van der Waals surface area (Å²) in [6, 6.07) is 3.86. The standard InChI is InChI=1S/C9H15N3O.CH4S/c1-8-4-5-9(12-11-8)10-6-3-7-13-2;1-2/h4-5H,3,6-7H2,1-2H3,(H,10,12);2H,1H3. The van der Waals surface area contributed by atoms with Gasteiger partial charge in [0.05, 0.1) is 5.69 Å². The molecular weight excluding hydrogens is 210 g/mol. The minimum Gasteiger partial charge on any atom is -0.385 e. The molecule has 0 aliphatic rings. The van der Waals surface area contributed by atoms with Crippen LogP contribution >= 0.6 is 12.6 Å². The summed E-state index contributed by atoms with van der Waals surface area (Å²) in [7, 11) is 1.70. The SMILES string of the molecule is COCCCNc1ccc(C)nn1.CS. The van der Waals surface area contributed by atoms with E-state index in [0.717, 1.165) is 31.1 Å². The summed E-state index contributed by atoms with van der Waals surface area (Å²) in [6.45, 7) is 3.56. The van der Waals surface area contributed by atoms with Crippen LogP contribution in [0.3, 0.4) is 0 Å². The summed E-state index contributed by atoms with van der Waals surface area (Å²) in [5.41, 5.74) is 0.933. The summed E-state index contributed by atoms with van der Waals surface area (Å²) >= 11 is 3.53. The molecule has 0 aromatic carbocycles. The van der Waals surface area contributed by atoms with Crippen molar-refractivity contribution >= 4 is 18.4 Å². The molecule has 0 aliphatic carbocycles. The lowest BCUT2D eigenvalue weighted by molar-refractivity contribution is 0.197. The number of nitrogens with zero attached hydrogens (tertiary/aromatic N) is 2. The second-order valence-electron chi connectivity index (χ2n) is 2.83. The van der Waals surface area contributed by atoms with Gasteiger partial charge < -0.3 is 10.1 Å². The lowest BCUT2D eigenvalue weighted by Gasteiger charge is -2.03. The highest BCUT2D eigenvalue weighted by Crippen LogP contribution is 2.00. The van der Waals surface area contributed by atoms with Gasteiger partial charge in [0.1, 0.15) is 5.82 Å². The Morgan fingerprint density at radius 1 is 1.33 bits per heavy atom. The number of hydrogen-bond acceptors (Lipinski definition) is 5. The Balaban J connectivity index is 0.000000921.